The van der Waals surface area contributed by atoms with Crippen molar-refractivity contribution in [1.82, 2.24) is 0 Å². The Morgan fingerprint density at radius 3 is 2.50 bits per heavy atom. The van der Waals surface area contributed by atoms with Gasteiger partial charge in [-0.05, 0) is 36.8 Å². The molecule has 0 radical (unpaired) electrons. The van der Waals surface area contributed by atoms with E-state index in [-0.39, 0.29) is 19.1 Å². The Balaban J connectivity index is 2.22. The van der Waals surface area contributed by atoms with Gasteiger partial charge in [0.1, 0.15) is 0 Å². The fourth-order valence-corrected chi connectivity index (χ4v) is 2.46. The summed E-state index contributed by atoms with van der Waals surface area (Å²) in [6.07, 6.45) is 1.71. The highest BCUT2D eigenvalue weighted by Crippen LogP contribution is 2.33. The van der Waals surface area contributed by atoms with Crippen molar-refractivity contribution in [2.24, 2.45) is 11.7 Å². The van der Waals surface area contributed by atoms with Gasteiger partial charge in [0, 0.05) is 0 Å². The molecule has 0 bridgehead atoms. The molecule has 1 aromatic carbocycles. The average Bonchev–Trinajstić information content (AvgIpc) is 2.71. The number of aliphatic hydroxyl groups excluding tert-OH is 2. The first-order valence-electron chi connectivity index (χ1n) is 5.68. The van der Waals surface area contributed by atoms with Crippen LogP contribution in [0.15, 0.2) is 18.2 Å². The second-order valence-corrected chi connectivity index (χ2v) is 4.93. The Labute approximate surface area is 95.9 Å². The van der Waals surface area contributed by atoms with Gasteiger partial charge in [0.15, 0.2) is 0 Å². The van der Waals surface area contributed by atoms with Gasteiger partial charge in [0.05, 0.1) is 18.8 Å². The van der Waals surface area contributed by atoms with Crippen molar-refractivity contribution in [2.45, 2.75) is 25.3 Å². The fourth-order valence-electron chi connectivity index (χ4n) is 2.46. The Hall–Kier alpha value is -0.900. The number of rotatable bonds is 3. The van der Waals surface area contributed by atoms with Crippen LogP contribution in [0.4, 0.5) is 0 Å². The van der Waals surface area contributed by atoms with Gasteiger partial charge in [-0.1, -0.05) is 23.8 Å². The van der Waals surface area contributed by atoms with E-state index in [1.807, 2.05) is 0 Å². The Morgan fingerprint density at radius 2 is 1.88 bits per heavy atom. The zero-order valence-corrected chi connectivity index (χ0v) is 9.61. The molecule has 0 fully saturated rings. The molecule has 0 saturated carbocycles. The molecule has 0 aliphatic heterocycles. The highest BCUT2D eigenvalue weighted by Gasteiger charge is 2.37. The minimum absolute atomic E-state index is 0.138. The standard InChI is InChI=1S/C13H19NO2/c1-9-2-3-10-5-12(6-11(10)4-9)13(14,7-15)8-16/h2-4,12,15-16H,5-8,14H2,1H3/t12-/m0/s1. The van der Waals surface area contributed by atoms with E-state index in [2.05, 4.69) is 25.1 Å². The van der Waals surface area contributed by atoms with Crippen molar-refractivity contribution < 1.29 is 10.2 Å². The predicted octanol–water partition coefficient (Wildman–Crippen LogP) is 0.392. The molecule has 3 heteroatoms. The molecule has 0 unspecified atom stereocenters. The van der Waals surface area contributed by atoms with Crippen LogP contribution in [0.3, 0.4) is 0 Å². The molecule has 1 aromatic rings. The average molecular weight is 221 g/mol. The minimum atomic E-state index is -0.854. The molecular formula is C13H19NO2. The lowest BCUT2D eigenvalue weighted by molar-refractivity contribution is 0.0783. The SMILES string of the molecule is Cc1ccc2c(c1)C[C@@H](C(N)(CO)CO)C2. The summed E-state index contributed by atoms with van der Waals surface area (Å²) >= 11 is 0. The molecule has 0 heterocycles. The first-order valence-corrected chi connectivity index (χ1v) is 5.68. The second-order valence-electron chi connectivity index (χ2n) is 4.93. The van der Waals surface area contributed by atoms with Crippen LogP contribution in [0.2, 0.25) is 0 Å². The van der Waals surface area contributed by atoms with Gasteiger partial charge in [0.2, 0.25) is 0 Å². The summed E-state index contributed by atoms with van der Waals surface area (Å²) in [7, 11) is 0. The van der Waals surface area contributed by atoms with Crippen LogP contribution < -0.4 is 5.73 Å². The van der Waals surface area contributed by atoms with E-state index in [4.69, 9.17) is 5.73 Å². The molecule has 2 rings (SSSR count). The van der Waals surface area contributed by atoms with Crippen molar-refractivity contribution >= 4 is 0 Å². The van der Waals surface area contributed by atoms with E-state index in [1.54, 1.807) is 0 Å². The van der Waals surface area contributed by atoms with E-state index in [1.165, 1.54) is 16.7 Å². The van der Waals surface area contributed by atoms with Gasteiger partial charge in [-0.3, -0.25) is 0 Å². The van der Waals surface area contributed by atoms with Crippen molar-refractivity contribution in [1.29, 1.82) is 0 Å². The predicted molar refractivity (Wildman–Crippen MR) is 63.2 cm³/mol. The van der Waals surface area contributed by atoms with E-state index in [0.717, 1.165) is 12.8 Å². The summed E-state index contributed by atoms with van der Waals surface area (Å²) in [5, 5.41) is 18.6. The largest absolute Gasteiger partial charge is 0.394 e. The molecule has 3 nitrogen and oxygen atoms in total. The molecular weight excluding hydrogens is 202 g/mol. The zero-order valence-electron chi connectivity index (χ0n) is 9.61. The van der Waals surface area contributed by atoms with Crippen LogP contribution in [-0.4, -0.2) is 29.0 Å². The number of fused-ring (bicyclic) bond motifs is 1. The fraction of sp³-hybridized carbons (Fsp3) is 0.538. The van der Waals surface area contributed by atoms with Crippen LogP contribution in [0.1, 0.15) is 16.7 Å². The third-order valence-electron chi connectivity index (χ3n) is 3.70. The van der Waals surface area contributed by atoms with E-state index in [9.17, 15) is 10.2 Å². The second kappa shape index (κ2) is 4.17. The van der Waals surface area contributed by atoms with Crippen molar-refractivity contribution in [2.75, 3.05) is 13.2 Å². The summed E-state index contributed by atoms with van der Waals surface area (Å²) in [4.78, 5) is 0. The Morgan fingerprint density at radius 1 is 1.25 bits per heavy atom. The summed E-state index contributed by atoms with van der Waals surface area (Å²) < 4.78 is 0. The van der Waals surface area contributed by atoms with Crippen LogP contribution in [-0.2, 0) is 12.8 Å². The van der Waals surface area contributed by atoms with Crippen molar-refractivity contribution in [3.8, 4) is 0 Å². The molecule has 1 atom stereocenters. The smallest absolute Gasteiger partial charge is 0.0658 e. The van der Waals surface area contributed by atoms with Crippen molar-refractivity contribution in [3.05, 3.63) is 34.9 Å². The zero-order chi connectivity index (χ0) is 11.8. The molecule has 4 N–H and O–H groups in total. The lowest BCUT2D eigenvalue weighted by atomic mass is 9.84. The molecule has 0 aromatic heterocycles. The maximum absolute atomic E-state index is 9.29. The number of nitrogens with two attached hydrogens (primary N) is 1. The van der Waals surface area contributed by atoms with Gasteiger partial charge < -0.3 is 15.9 Å². The van der Waals surface area contributed by atoms with E-state index < -0.39 is 5.54 Å². The summed E-state index contributed by atoms with van der Waals surface area (Å²) in [6, 6.07) is 6.39. The molecule has 1 aliphatic rings. The highest BCUT2D eigenvalue weighted by molar-refractivity contribution is 5.36. The van der Waals surface area contributed by atoms with Gasteiger partial charge >= 0.3 is 0 Å². The van der Waals surface area contributed by atoms with Crippen molar-refractivity contribution in [3.63, 3.8) is 0 Å². The minimum Gasteiger partial charge on any atom is -0.394 e. The molecule has 1 aliphatic carbocycles. The molecule has 0 spiro atoms. The summed E-state index contributed by atoms with van der Waals surface area (Å²) in [5.74, 6) is 0.138. The normalized spacial score (nSPS) is 19.9. The van der Waals surface area contributed by atoms with Crippen LogP contribution in [0.5, 0.6) is 0 Å². The maximum Gasteiger partial charge on any atom is 0.0658 e. The molecule has 0 saturated heterocycles. The monoisotopic (exact) mass is 221 g/mol. The Kier molecular flexibility index (Phi) is 3.02. The molecule has 0 amide bonds. The molecule has 88 valence electrons. The first-order chi connectivity index (χ1) is 7.59. The van der Waals surface area contributed by atoms with Gasteiger partial charge in [-0.15, -0.1) is 0 Å². The summed E-state index contributed by atoms with van der Waals surface area (Å²) in [5.41, 5.74) is 9.02. The molecule has 16 heavy (non-hydrogen) atoms. The highest BCUT2D eigenvalue weighted by atomic mass is 16.3. The number of hydrogen-bond acceptors (Lipinski definition) is 3. The topological polar surface area (TPSA) is 66.5 Å². The number of aryl methyl sites for hydroxylation is 1. The summed E-state index contributed by atoms with van der Waals surface area (Å²) in [6.45, 7) is 1.74. The number of hydrogen-bond donors (Lipinski definition) is 3. The van der Waals surface area contributed by atoms with E-state index >= 15 is 0 Å². The lowest BCUT2D eigenvalue weighted by Gasteiger charge is -2.31. The maximum atomic E-state index is 9.29. The third-order valence-corrected chi connectivity index (χ3v) is 3.70. The Bertz CT molecular complexity index is 386. The lowest BCUT2D eigenvalue weighted by Crippen LogP contribution is -2.54. The number of benzene rings is 1. The number of aliphatic hydroxyl groups is 2. The van der Waals surface area contributed by atoms with Crippen LogP contribution in [0, 0.1) is 12.8 Å². The van der Waals surface area contributed by atoms with E-state index in [0.29, 0.717) is 0 Å². The first kappa shape index (κ1) is 11.6. The van der Waals surface area contributed by atoms with Gasteiger partial charge in [-0.2, -0.15) is 0 Å². The van der Waals surface area contributed by atoms with Crippen LogP contribution in [0.25, 0.3) is 0 Å². The van der Waals surface area contributed by atoms with Gasteiger partial charge in [0.25, 0.3) is 0 Å². The van der Waals surface area contributed by atoms with Gasteiger partial charge in [-0.25, -0.2) is 0 Å². The quantitative estimate of drug-likeness (QED) is 0.692. The van der Waals surface area contributed by atoms with Crippen LogP contribution >= 0.6 is 0 Å². The third kappa shape index (κ3) is 1.86.